The molecule has 0 aliphatic carbocycles. The van der Waals surface area contributed by atoms with Crippen molar-refractivity contribution in [2.24, 2.45) is 5.92 Å². The number of likely N-dealkylation sites (tertiary alicyclic amines) is 1. The van der Waals surface area contributed by atoms with E-state index in [0.29, 0.717) is 67.3 Å². The molecule has 3 aromatic carbocycles. The Labute approximate surface area is 324 Å². The number of aryl methyl sites for hydroxylation is 1. The SMILES string of the molecule is COC(=O)[C@@H]1CCN(Cc2cc(C#N)c3oc(-c4cccc(-c5cccc6c5CCN6C(=O)c5cc6n(n5)CCCC6NC[C@@H]5CCC(=O)N5)c4C)nc3c2)C1. The number of anilines is 1. The van der Waals surface area contributed by atoms with E-state index >= 15 is 0 Å². The van der Waals surface area contributed by atoms with Gasteiger partial charge in [-0.25, -0.2) is 4.98 Å². The van der Waals surface area contributed by atoms with Gasteiger partial charge in [-0.15, -0.1) is 0 Å². The smallest absolute Gasteiger partial charge is 0.310 e. The number of nitriles is 1. The molecule has 2 fully saturated rings. The second-order valence-electron chi connectivity index (χ2n) is 15.4. The summed E-state index contributed by atoms with van der Waals surface area (Å²) in [5, 5.41) is 21.5. The molecular weight excluding hydrogens is 709 g/mol. The van der Waals surface area contributed by atoms with Gasteiger partial charge in [0.1, 0.15) is 11.6 Å². The van der Waals surface area contributed by atoms with Crippen molar-refractivity contribution < 1.29 is 23.5 Å². The third-order valence-electron chi connectivity index (χ3n) is 12.0. The van der Waals surface area contributed by atoms with Crippen molar-refractivity contribution in [1.29, 1.82) is 5.26 Å². The summed E-state index contributed by atoms with van der Waals surface area (Å²) < 4.78 is 13.2. The van der Waals surface area contributed by atoms with E-state index in [9.17, 15) is 19.6 Å². The Hall–Kier alpha value is -5.84. The number of nitrogens with zero attached hydrogens (tertiary/aromatic N) is 6. The van der Waals surface area contributed by atoms with Crippen LogP contribution in [0.5, 0.6) is 0 Å². The van der Waals surface area contributed by atoms with Crippen LogP contribution in [0, 0.1) is 24.2 Å². The second kappa shape index (κ2) is 14.7. The zero-order valence-corrected chi connectivity index (χ0v) is 31.6. The molecular formula is C43H44N8O5. The number of amides is 2. The Morgan fingerprint density at radius 2 is 1.88 bits per heavy atom. The Bertz CT molecular complexity index is 2430. The van der Waals surface area contributed by atoms with Crippen molar-refractivity contribution >= 4 is 34.6 Å². The van der Waals surface area contributed by atoms with E-state index in [1.54, 1.807) is 0 Å². The van der Waals surface area contributed by atoms with E-state index in [-0.39, 0.29) is 35.8 Å². The van der Waals surface area contributed by atoms with Gasteiger partial charge in [0, 0.05) is 62.5 Å². The Morgan fingerprint density at radius 3 is 2.70 bits per heavy atom. The van der Waals surface area contributed by atoms with Crippen LogP contribution < -0.4 is 15.5 Å². The molecule has 3 atom stereocenters. The standard InChI is InChI=1S/C43H44N8O5/c1-25-30(6-3-7-31(25)41-47-35-19-26(18-28(21-44)40(35)56-41)23-49-16-13-27(24-49)43(54)55-2)32-8-4-10-37-33(32)14-17-50(37)42(53)36-20-38-34(9-5-15-51(38)48-36)45-22-29-11-12-39(52)46-29/h3-4,6-8,10,18-20,27,29,34,45H,5,9,11-17,22-24H2,1-2H3,(H,46,52)/t27-,29+,34?/m1/s1. The van der Waals surface area contributed by atoms with Crippen LogP contribution in [0.25, 0.3) is 33.7 Å². The molecule has 2 amide bonds. The van der Waals surface area contributed by atoms with E-state index in [1.807, 2.05) is 52.0 Å². The molecule has 0 saturated carbocycles. The number of fused-ring (bicyclic) bond motifs is 3. The minimum atomic E-state index is -0.186. The Balaban J connectivity index is 0.958. The molecule has 4 aliphatic rings. The van der Waals surface area contributed by atoms with Gasteiger partial charge in [0.2, 0.25) is 11.8 Å². The lowest BCUT2D eigenvalue weighted by atomic mass is 9.92. The topological polar surface area (TPSA) is 159 Å². The third-order valence-corrected chi connectivity index (χ3v) is 12.0. The first-order valence-electron chi connectivity index (χ1n) is 19.6. The average Bonchev–Trinajstić information content (AvgIpc) is 4.06. The highest BCUT2D eigenvalue weighted by molar-refractivity contribution is 6.07. The first kappa shape index (κ1) is 35.8. The number of esters is 1. The maximum absolute atomic E-state index is 14.1. The fraction of sp³-hybridized carbons (Fsp3) is 0.395. The molecule has 2 aromatic heterocycles. The first-order chi connectivity index (χ1) is 27.3. The zero-order valence-electron chi connectivity index (χ0n) is 31.6. The Kier molecular flexibility index (Phi) is 9.39. The number of hydrogen-bond acceptors (Lipinski definition) is 10. The highest BCUT2D eigenvalue weighted by Crippen LogP contribution is 2.41. The monoisotopic (exact) mass is 752 g/mol. The fourth-order valence-electron chi connectivity index (χ4n) is 9.08. The number of rotatable bonds is 9. The van der Waals surface area contributed by atoms with Gasteiger partial charge >= 0.3 is 5.97 Å². The summed E-state index contributed by atoms with van der Waals surface area (Å²) in [6.45, 7) is 6.07. The van der Waals surface area contributed by atoms with Crippen molar-refractivity contribution in [3.63, 3.8) is 0 Å². The molecule has 1 unspecified atom stereocenters. The molecule has 56 heavy (non-hydrogen) atoms. The maximum atomic E-state index is 14.1. The number of carbonyl (C=O) groups excluding carboxylic acids is 3. The van der Waals surface area contributed by atoms with Gasteiger partial charge in [-0.3, -0.25) is 24.0 Å². The summed E-state index contributed by atoms with van der Waals surface area (Å²) in [4.78, 5) is 46.8. The maximum Gasteiger partial charge on any atom is 0.310 e. The number of oxazole rings is 1. The van der Waals surface area contributed by atoms with E-state index in [4.69, 9.17) is 19.2 Å². The van der Waals surface area contributed by atoms with Crippen molar-refractivity contribution in [1.82, 2.24) is 30.3 Å². The van der Waals surface area contributed by atoms with E-state index in [2.05, 4.69) is 40.7 Å². The minimum absolute atomic E-state index is 0.0788. The average molecular weight is 753 g/mol. The van der Waals surface area contributed by atoms with Crippen LogP contribution in [0.4, 0.5) is 5.69 Å². The summed E-state index contributed by atoms with van der Waals surface area (Å²) in [7, 11) is 1.42. The van der Waals surface area contributed by atoms with Gasteiger partial charge in [0.05, 0.1) is 24.3 Å². The van der Waals surface area contributed by atoms with Crippen molar-refractivity contribution in [3.8, 4) is 28.7 Å². The van der Waals surface area contributed by atoms with E-state index < -0.39 is 0 Å². The second-order valence-corrected chi connectivity index (χ2v) is 15.4. The van der Waals surface area contributed by atoms with Crippen molar-refractivity contribution in [3.05, 3.63) is 88.2 Å². The molecule has 0 radical (unpaired) electrons. The number of methoxy groups -OCH3 is 1. The van der Waals surface area contributed by atoms with Crippen LogP contribution in [-0.4, -0.2) is 76.8 Å². The molecule has 286 valence electrons. The Morgan fingerprint density at radius 1 is 1.04 bits per heavy atom. The zero-order chi connectivity index (χ0) is 38.5. The highest BCUT2D eigenvalue weighted by Gasteiger charge is 2.33. The first-order valence-corrected chi connectivity index (χ1v) is 19.6. The summed E-state index contributed by atoms with van der Waals surface area (Å²) in [6.07, 6.45) is 4.79. The van der Waals surface area contributed by atoms with E-state index in [0.717, 1.165) is 83.5 Å². The summed E-state index contributed by atoms with van der Waals surface area (Å²) >= 11 is 0. The summed E-state index contributed by atoms with van der Waals surface area (Å²) in [5.74, 6) is 0.112. The van der Waals surface area contributed by atoms with E-state index in [1.165, 1.54) is 7.11 Å². The van der Waals surface area contributed by atoms with Gasteiger partial charge in [-0.1, -0.05) is 24.3 Å². The number of hydrogen-bond donors (Lipinski definition) is 2. The van der Waals surface area contributed by atoms with Gasteiger partial charge < -0.3 is 24.7 Å². The largest absolute Gasteiger partial charge is 0.469 e. The van der Waals surface area contributed by atoms with Gasteiger partial charge in [0.25, 0.3) is 5.91 Å². The molecule has 9 rings (SSSR count). The third kappa shape index (κ3) is 6.52. The number of aromatic nitrogens is 3. The fourth-order valence-corrected chi connectivity index (χ4v) is 9.08. The molecule has 2 N–H and O–H groups in total. The van der Waals surface area contributed by atoms with Crippen molar-refractivity contribution in [2.75, 3.05) is 38.2 Å². The predicted molar refractivity (Wildman–Crippen MR) is 208 cm³/mol. The van der Waals surface area contributed by atoms with Crippen LogP contribution >= 0.6 is 0 Å². The molecule has 4 aliphatic heterocycles. The summed E-state index contributed by atoms with van der Waals surface area (Å²) in [5.41, 5.74) is 9.76. The van der Waals surface area contributed by atoms with Gasteiger partial charge in [0.15, 0.2) is 11.3 Å². The van der Waals surface area contributed by atoms with Crippen LogP contribution in [0.2, 0.25) is 0 Å². The normalized spacial score (nSPS) is 20.6. The summed E-state index contributed by atoms with van der Waals surface area (Å²) in [6, 6.07) is 20.4. The minimum Gasteiger partial charge on any atom is -0.469 e. The van der Waals surface area contributed by atoms with Crippen LogP contribution in [0.3, 0.4) is 0 Å². The van der Waals surface area contributed by atoms with Gasteiger partial charge in [-0.2, -0.15) is 10.4 Å². The molecule has 6 heterocycles. The van der Waals surface area contributed by atoms with Gasteiger partial charge in [-0.05, 0) is 104 Å². The lowest BCUT2D eigenvalue weighted by molar-refractivity contribution is -0.145. The molecule has 13 heteroatoms. The lowest BCUT2D eigenvalue weighted by Crippen LogP contribution is -2.38. The molecule has 0 spiro atoms. The number of ether oxygens (including phenoxy) is 1. The highest BCUT2D eigenvalue weighted by atomic mass is 16.5. The number of carbonyl (C=O) groups is 3. The number of nitrogens with one attached hydrogen (secondary N) is 2. The molecule has 2 saturated heterocycles. The van der Waals surface area contributed by atoms with Crippen LogP contribution in [0.1, 0.15) is 76.6 Å². The number of benzene rings is 3. The molecule has 0 bridgehead atoms. The molecule has 5 aromatic rings. The van der Waals surface area contributed by atoms with Crippen molar-refractivity contribution in [2.45, 2.75) is 70.6 Å². The quantitative estimate of drug-likeness (QED) is 0.186. The molecule has 13 nitrogen and oxygen atoms in total. The lowest BCUT2D eigenvalue weighted by Gasteiger charge is -2.25. The van der Waals surface area contributed by atoms with Crippen LogP contribution in [-0.2, 0) is 33.8 Å². The van der Waals surface area contributed by atoms with Crippen LogP contribution in [0.15, 0.2) is 59.0 Å². The predicted octanol–water partition coefficient (Wildman–Crippen LogP) is 5.44.